The van der Waals surface area contributed by atoms with Gasteiger partial charge in [0.1, 0.15) is 0 Å². The van der Waals surface area contributed by atoms with Gasteiger partial charge in [-0.25, -0.2) is 4.99 Å². The lowest BCUT2D eigenvalue weighted by Gasteiger charge is -2.13. The molecule has 23 heavy (non-hydrogen) atoms. The standard InChI is InChI=1S/C17H21N5.ClH/c18-16(19)22-17(20)21-15(11-13-7-3-1-4-8-13)12-14-9-5-2-6-10-14;/h1-10,15H,11-12H2,(H6,18,19,20,21,22);1H. The molecule has 2 aromatic carbocycles. The molecule has 5 nitrogen and oxygen atoms in total. The van der Waals surface area contributed by atoms with E-state index in [4.69, 9.17) is 17.2 Å². The van der Waals surface area contributed by atoms with Crippen LogP contribution in [-0.4, -0.2) is 18.0 Å². The minimum absolute atomic E-state index is 0. The monoisotopic (exact) mass is 331 g/mol. The van der Waals surface area contributed by atoms with Gasteiger partial charge in [0, 0.05) is 0 Å². The molecular formula is C17H22ClN5. The van der Waals surface area contributed by atoms with Crippen molar-refractivity contribution in [2.24, 2.45) is 27.2 Å². The first-order valence-electron chi connectivity index (χ1n) is 7.14. The van der Waals surface area contributed by atoms with Gasteiger partial charge in [0.15, 0.2) is 5.96 Å². The Hall–Kier alpha value is -2.53. The molecule has 0 radical (unpaired) electrons. The molecule has 0 unspecified atom stereocenters. The van der Waals surface area contributed by atoms with Crippen molar-refractivity contribution in [1.82, 2.24) is 0 Å². The van der Waals surface area contributed by atoms with E-state index in [1.54, 1.807) is 0 Å². The third kappa shape index (κ3) is 6.84. The molecule has 0 atom stereocenters. The van der Waals surface area contributed by atoms with Gasteiger partial charge in [-0.15, -0.1) is 12.4 Å². The minimum Gasteiger partial charge on any atom is -0.370 e. The van der Waals surface area contributed by atoms with Gasteiger partial charge in [0.05, 0.1) is 6.04 Å². The smallest absolute Gasteiger partial charge is 0.218 e. The number of hydrogen-bond acceptors (Lipinski definition) is 1. The maximum absolute atomic E-state index is 5.79. The van der Waals surface area contributed by atoms with E-state index in [9.17, 15) is 0 Å². The van der Waals surface area contributed by atoms with Crippen molar-refractivity contribution >= 4 is 24.3 Å². The predicted octanol–water partition coefficient (Wildman–Crippen LogP) is 1.85. The Morgan fingerprint density at radius 1 is 0.783 bits per heavy atom. The number of aliphatic imine (C=N–C) groups is 2. The molecule has 0 heterocycles. The highest BCUT2D eigenvalue weighted by molar-refractivity contribution is 5.92. The van der Waals surface area contributed by atoms with Crippen LogP contribution < -0.4 is 17.2 Å². The lowest BCUT2D eigenvalue weighted by Crippen LogP contribution is -2.27. The Kier molecular flexibility index (Phi) is 7.63. The summed E-state index contributed by atoms with van der Waals surface area (Å²) in [5, 5.41) is 0. The van der Waals surface area contributed by atoms with Crippen LogP contribution in [0.25, 0.3) is 0 Å². The average molecular weight is 332 g/mol. The average Bonchev–Trinajstić information content (AvgIpc) is 2.48. The lowest BCUT2D eigenvalue weighted by molar-refractivity contribution is 0.665. The Balaban J connectivity index is 0.00000264. The van der Waals surface area contributed by atoms with Gasteiger partial charge in [0.2, 0.25) is 5.96 Å². The zero-order chi connectivity index (χ0) is 15.8. The van der Waals surface area contributed by atoms with E-state index in [0.717, 1.165) is 12.8 Å². The Bertz CT molecular complexity index is 595. The van der Waals surface area contributed by atoms with Crippen LogP contribution >= 0.6 is 12.4 Å². The second-order valence-corrected chi connectivity index (χ2v) is 5.06. The maximum Gasteiger partial charge on any atom is 0.218 e. The van der Waals surface area contributed by atoms with Crippen molar-refractivity contribution in [2.75, 3.05) is 0 Å². The van der Waals surface area contributed by atoms with E-state index in [0.29, 0.717) is 0 Å². The summed E-state index contributed by atoms with van der Waals surface area (Å²) in [4.78, 5) is 8.25. The molecule has 2 rings (SSSR count). The molecule has 0 aliphatic rings. The number of benzene rings is 2. The fourth-order valence-corrected chi connectivity index (χ4v) is 2.28. The summed E-state index contributed by atoms with van der Waals surface area (Å²) in [6.07, 6.45) is 1.55. The number of halogens is 1. The minimum atomic E-state index is -0.0839. The number of nitrogens with two attached hydrogens (primary N) is 3. The molecule has 0 aromatic heterocycles. The summed E-state index contributed by atoms with van der Waals surface area (Å²) in [6, 6.07) is 20.3. The SMILES string of the molecule is Cl.NC(N)=NC(N)=NC(Cc1ccccc1)Cc1ccccc1. The molecule has 0 aliphatic heterocycles. The zero-order valence-corrected chi connectivity index (χ0v) is 13.6. The lowest BCUT2D eigenvalue weighted by atomic mass is 9.99. The quantitative estimate of drug-likeness (QED) is 0.575. The zero-order valence-electron chi connectivity index (χ0n) is 12.8. The molecule has 0 spiro atoms. The summed E-state index contributed by atoms with van der Waals surface area (Å²) >= 11 is 0. The summed E-state index contributed by atoms with van der Waals surface area (Å²) in [5.41, 5.74) is 18.9. The van der Waals surface area contributed by atoms with Gasteiger partial charge in [-0.1, -0.05) is 60.7 Å². The largest absolute Gasteiger partial charge is 0.370 e. The van der Waals surface area contributed by atoms with Crippen molar-refractivity contribution in [2.45, 2.75) is 18.9 Å². The van der Waals surface area contributed by atoms with Gasteiger partial charge in [-0.05, 0) is 24.0 Å². The molecule has 2 aromatic rings. The van der Waals surface area contributed by atoms with Crippen molar-refractivity contribution < 1.29 is 0 Å². The normalized spacial score (nSPS) is 10.9. The van der Waals surface area contributed by atoms with Crippen LogP contribution in [0.1, 0.15) is 11.1 Å². The summed E-state index contributed by atoms with van der Waals surface area (Å²) in [7, 11) is 0. The molecule has 0 fully saturated rings. The topological polar surface area (TPSA) is 103 Å². The second kappa shape index (κ2) is 9.48. The molecule has 0 amide bonds. The maximum atomic E-state index is 5.79. The molecule has 0 saturated heterocycles. The highest BCUT2D eigenvalue weighted by Crippen LogP contribution is 2.12. The van der Waals surface area contributed by atoms with Crippen LogP contribution in [0.2, 0.25) is 0 Å². The molecule has 0 saturated carbocycles. The van der Waals surface area contributed by atoms with Crippen molar-refractivity contribution in [1.29, 1.82) is 0 Å². The number of guanidine groups is 2. The first-order valence-corrected chi connectivity index (χ1v) is 7.14. The van der Waals surface area contributed by atoms with E-state index < -0.39 is 0 Å². The van der Waals surface area contributed by atoms with Crippen LogP contribution in [0, 0.1) is 0 Å². The third-order valence-electron chi connectivity index (χ3n) is 3.19. The van der Waals surface area contributed by atoms with Gasteiger partial charge >= 0.3 is 0 Å². The molecular weight excluding hydrogens is 310 g/mol. The molecule has 0 bridgehead atoms. The number of rotatable bonds is 5. The van der Waals surface area contributed by atoms with Crippen molar-refractivity contribution in [3.8, 4) is 0 Å². The summed E-state index contributed by atoms with van der Waals surface area (Å²) in [6.45, 7) is 0. The van der Waals surface area contributed by atoms with Crippen LogP contribution in [-0.2, 0) is 12.8 Å². The summed E-state index contributed by atoms with van der Waals surface area (Å²) in [5.74, 6) is 0.0243. The van der Waals surface area contributed by atoms with E-state index >= 15 is 0 Å². The highest BCUT2D eigenvalue weighted by Gasteiger charge is 2.10. The molecule has 0 aliphatic carbocycles. The summed E-state index contributed by atoms with van der Waals surface area (Å²) < 4.78 is 0. The van der Waals surface area contributed by atoms with Crippen molar-refractivity contribution in [3.05, 3.63) is 71.8 Å². The van der Waals surface area contributed by atoms with E-state index in [1.165, 1.54) is 11.1 Å². The van der Waals surface area contributed by atoms with E-state index in [2.05, 4.69) is 34.3 Å². The first kappa shape index (κ1) is 18.5. The van der Waals surface area contributed by atoms with Gasteiger partial charge in [-0.3, -0.25) is 0 Å². The van der Waals surface area contributed by atoms with E-state index in [1.807, 2.05) is 36.4 Å². The predicted molar refractivity (Wildman–Crippen MR) is 98.8 cm³/mol. The fraction of sp³-hybridized carbons (Fsp3) is 0.176. The second-order valence-electron chi connectivity index (χ2n) is 5.06. The van der Waals surface area contributed by atoms with Crippen LogP contribution in [0.3, 0.4) is 0 Å². The van der Waals surface area contributed by atoms with Crippen LogP contribution in [0.5, 0.6) is 0 Å². The third-order valence-corrected chi connectivity index (χ3v) is 3.19. The Morgan fingerprint density at radius 3 is 1.61 bits per heavy atom. The Morgan fingerprint density at radius 2 is 1.22 bits per heavy atom. The van der Waals surface area contributed by atoms with Crippen LogP contribution in [0.4, 0.5) is 0 Å². The van der Waals surface area contributed by atoms with Gasteiger partial charge in [-0.2, -0.15) is 4.99 Å². The molecule has 6 N–H and O–H groups in total. The highest BCUT2D eigenvalue weighted by atomic mass is 35.5. The number of nitrogens with zero attached hydrogens (tertiary/aromatic N) is 2. The molecule has 122 valence electrons. The van der Waals surface area contributed by atoms with Crippen LogP contribution in [0.15, 0.2) is 70.6 Å². The van der Waals surface area contributed by atoms with Gasteiger partial charge in [0.25, 0.3) is 0 Å². The van der Waals surface area contributed by atoms with E-state index in [-0.39, 0.29) is 30.4 Å². The molecule has 6 heteroatoms. The Labute approximate surface area is 142 Å². The fourth-order valence-electron chi connectivity index (χ4n) is 2.28. The van der Waals surface area contributed by atoms with Crippen molar-refractivity contribution in [3.63, 3.8) is 0 Å². The van der Waals surface area contributed by atoms with Gasteiger partial charge < -0.3 is 17.2 Å². The number of hydrogen-bond donors (Lipinski definition) is 3. The first-order chi connectivity index (χ1) is 10.6.